The predicted molar refractivity (Wildman–Crippen MR) is 119 cm³/mol. The number of fused-ring (bicyclic) bond motifs is 2. The van der Waals surface area contributed by atoms with Gasteiger partial charge in [0.1, 0.15) is 11.3 Å². The van der Waals surface area contributed by atoms with Crippen LogP contribution >= 0.6 is 0 Å². The molecule has 0 bridgehead atoms. The van der Waals surface area contributed by atoms with Crippen molar-refractivity contribution in [3.63, 3.8) is 0 Å². The highest BCUT2D eigenvalue weighted by Crippen LogP contribution is 2.42. The van der Waals surface area contributed by atoms with E-state index in [2.05, 4.69) is 24.8 Å². The van der Waals surface area contributed by atoms with Gasteiger partial charge in [-0.05, 0) is 49.7 Å². The van der Waals surface area contributed by atoms with E-state index in [1.54, 1.807) is 12.1 Å². The van der Waals surface area contributed by atoms with Crippen LogP contribution in [0.1, 0.15) is 24.2 Å². The molecule has 1 heterocycles. The number of hydrogen-bond donors (Lipinski definition) is 0. The predicted octanol–water partition coefficient (Wildman–Crippen LogP) is 5.20. The number of methoxy groups -OCH3 is 1. The molecule has 0 unspecified atom stereocenters. The van der Waals surface area contributed by atoms with E-state index in [-0.39, 0.29) is 5.43 Å². The number of ether oxygens (including phenoxy) is 1. The van der Waals surface area contributed by atoms with Crippen molar-refractivity contribution < 1.29 is 13.9 Å². The lowest BCUT2D eigenvalue weighted by Crippen LogP contribution is -2.21. The van der Waals surface area contributed by atoms with Gasteiger partial charge in [0.15, 0.2) is 5.43 Å². The van der Waals surface area contributed by atoms with Gasteiger partial charge in [0, 0.05) is 47.4 Å². The second-order valence-corrected chi connectivity index (χ2v) is 7.02. The van der Waals surface area contributed by atoms with Crippen LogP contribution in [-0.4, -0.2) is 26.2 Å². The Morgan fingerprint density at radius 3 is 2.47 bits per heavy atom. The Labute approximate surface area is 174 Å². The van der Waals surface area contributed by atoms with Crippen LogP contribution in [0.3, 0.4) is 0 Å². The molecular weight excluding hydrogens is 378 g/mol. The third-order valence-electron chi connectivity index (χ3n) is 5.41. The van der Waals surface area contributed by atoms with E-state index in [0.29, 0.717) is 16.9 Å². The highest BCUT2D eigenvalue weighted by atomic mass is 16.5. The van der Waals surface area contributed by atoms with Gasteiger partial charge in [-0.25, -0.2) is 4.79 Å². The van der Waals surface area contributed by atoms with E-state index in [1.807, 2.05) is 30.3 Å². The monoisotopic (exact) mass is 401 g/mol. The maximum atomic E-state index is 12.5. The summed E-state index contributed by atoms with van der Waals surface area (Å²) in [7, 11) is 1.37. The molecular formula is C25H23NO4. The largest absolute Gasteiger partial charge is 0.465 e. The Balaban J connectivity index is 2.10. The molecule has 0 radical (unpaired) electrons. The number of esters is 1. The average Bonchev–Trinajstić information content (AvgIpc) is 2.77. The minimum Gasteiger partial charge on any atom is -0.465 e. The Bertz CT molecular complexity index is 1250. The summed E-state index contributed by atoms with van der Waals surface area (Å²) in [4.78, 5) is 26.7. The SMILES string of the molecule is CCN(CC)c1ccc2c(-c3ccccc3C(=O)OC)c3ccc(=O)cc-3oc2c1. The molecule has 0 saturated heterocycles. The molecule has 2 aliphatic rings. The fourth-order valence-electron chi connectivity index (χ4n) is 3.92. The van der Waals surface area contributed by atoms with Crippen LogP contribution in [0.4, 0.5) is 5.69 Å². The summed E-state index contributed by atoms with van der Waals surface area (Å²) in [6, 6.07) is 18.1. The molecule has 0 N–H and O–H groups in total. The minimum atomic E-state index is -0.409. The van der Waals surface area contributed by atoms with E-state index in [9.17, 15) is 9.59 Å². The molecule has 152 valence electrons. The zero-order valence-corrected chi connectivity index (χ0v) is 17.3. The molecule has 0 spiro atoms. The van der Waals surface area contributed by atoms with Gasteiger partial charge in [0.25, 0.3) is 0 Å². The van der Waals surface area contributed by atoms with Crippen LogP contribution in [0.2, 0.25) is 0 Å². The second kappa shape index (κ2) is 8.03. The molecule has 2 aromatic rings. The highest BCUT2D eigenvalue weighted by Gasteiger charge is 2.22. The van der Waals surface area contributed by atoms with Crippen LogP contribution < -0.4 is 10.3 Å². The van der Waals surface area contributed by atoms with Crippen LogP contribution in [-0.2, 0) is 4.74 Å². The minimum absolute atomic E-state index is 0.127. The number of carbonyl (C=O) groups is 1. The van der Waals surface area contributed by atoms with Crippen molar-refractivity contribution >= 4 is 22.6 Å². The van der Waals surface area contributed by atoms with Crippen LogP contribution in [0.15, 0.2) is 69.9 Å². The Morgan fingerprint density at radius 2 is 1.73 bits per heavy atom. The summed E-state index contributed by atoms with van der Waals surface area (Å²) in [6.07, 6.45) is 0. The van der Waals surface area contributed by atoms with Crippen molar-refractivity contribution in [2.75, 3.05) is 25.1 Å². The van der Waals surface area contributed by atoms with Gasteiger partial charge >= 0.3 is 5.97 Å². The maximum Gasteiger partial charge on any atom is 0.338 e. The summed E-state index contributed by atoms with van der Waals surface area (Å²) in [5, 5.41) is 0.869. The molecule has 2 aromatic carbocycles. The Morgan fingerprint density at radius 1 is 0.967 bits per heavy atom. The van der Waals surface area contributed by atoms with Crippen molar-refractivity contribution in [2.45, 2.75) is 13.8 Å². The molecule has 0 saturated carbocycles. The van der Waals surface area contributed by atoms with E-state index in [4.69, 9.17) is 9.15 Å². The smallest absolute Gasteiger partial charge is 0.338 e. The van der Waals surface area contributed by atoms with E-state index < -0.39 is 5.97 Å². The highest BCUT2D eigenvalue weighted by molar-refractivity contribution is 6.08. The maximum absolute atomic E-state index is 12.5. The van der Waals surface area contributed by atoms with Gasteiger partial charge < -0.3 is 14.1 Å². The molecule has 5 heteroatoms. The first kappa shape index (κ1) is 19.7. The average molecular weight is 401 g/mol. The zero-order chi connectivity index (χ0) is 21.3. The van der Waals surface area contributed by atoms with E-state index in [0.717, 1.165) is 40.9 Å². The molecule has 1 aliphatic heterocycles. The summed E-state index contributed by atoms with van der Waals surface area (Å²) < 4.78 is 11.2. The van der Waals surface area contributed by atoms with Crippen molar-refractivity contribution in [3.8, 4) is 22.5 Å². The first-order valence-corrected chi connectivity index (χ1v) is 10.0. The first-order chi connectivity index (χ1) is 14.6. The van der Waals surface area contributed by atoms with Crippen molar-refractivity contribution in [3.05, 3.63) is 76.5 Å². The Kier molecular flexibility index (Phi) is 5.27. The molecule has 0 amide bonds. The van der Waals surface area contributed by atoms with Gasteiger partial charge in [0.05, 0.1) is 12.7 Å². The summed E-state index contributed by atoms with van der Waals surface area (Å²) in [6.45, 7) is 5.95. The number of hydrogen-bond acceptors (Lipinski definition) is 5. The van der Waals surface area contributed by atoms with Gasteiger partial charge in [0.2, 0.25) is 0 Å². The molecule has 0 aromatic heterocycles. The number of rotatable bonds is 5. The van der Waals surface area contributed by atoms with Crippen molar-refractivity contribution in [1.29, 1.82) is 0 Å². The lowest BCUT2D eigenvalue weighted by atomic mass is 9.90. The van der Waals surface area contributed by atoms with Gasteiger partial charge in [-0.2, -0.15) is 0 Å². The standard InChI is InChI=1S/C25H23NO4/c1-4-26(5-2)16-10-12-20-22(14-16)30-23-15-17(27)11-13-21(23)24(20)18-8-6-7-9-19(18)25(28)29-3/h6-15H,4-5H2,1-3H3. The van der Waals surface area contributed by atoms with Crippen molar-refractivity contribution in [2.24, 2.45) is 0 Å². The summed E-state index contributed by atoms with van der Waals surface area (Å²) in [5.41, 5.74) is 4.40. The zero-order valence-electron chi connectivity index (χ0n) is 17.3. The van der Waals surface area contributed by atoms with E-state index >= 15 is 0 Å². The van der Waals surface area contributed by atoms with Gasteiger partial charge in [-0.1, -0.05) is 18.2 Å². The van der Waals surface area contributed by atoms with Crippen molar-refractivity contribution in [1.82, 2.24) is 0 Å². The van der Waals surface area contributed by atoms with Gasteiger partial charge in [-0.15, -0.1) is 0 Å². The molecule has 1 aliphatic carbocycles. The number of nitrogens with zero attached hydrogens (tertiary/aromatic N) is 1. The molecule has 30 heavy (non-hydrogen) atoms. The lowest BCUT2D eigenvalue weighted by Gasteiger charge is -2.22. The quantitative estimate of drug-likeness (QED) is 0.340. The fourth-order valence-corrected chi connectivity index (χ4v) is 3.92. The number of carbonyl (C=O) groups excluding carboxylic acids is 1. The third kappa shape index (κ3) is 3.32. The molecule has 0 fully saturated rings. The normalized spacial score (nSPS) is 11.0. The molecule has 4 rings (SSSR count). The summed E-state index contributed by atoms with van der Waals surface area (Å²) >= 11 is 0. The van der Waals surface area contributed by atoms with E-state index in [1.165, 1.54) is 19.2 Å². The topological polar surface area (TPSA) is 59.8 Å². The first-order valence-electron chi connectivity index (χ1n) is 10.0. The molecule has 5 nitrogen and oxygen atoms in total. The van der Waals surface area contributed by atoms with Crippen LogP contribution in [0.25, 0.3) is 33.4 Å². The lowest BCUT2D eigenvalue weighted by molar-refractivity contribution is 0.0601. The summed E-state index contributed by atoms with van der Waals surface area (Å²) in [5.74, 6) is 0.0780. The number of benzene rings is 3. The molecule has 0 atom stereocenters. The fraction of sp³-hybridized carbons (Fsp3) is 0.200. The number of anilines is 1. The van der Waals surface area contributed by atoms with Crippen LogP contribution in [0, 0.1) is 0 Å². The second-order valence-electron chi connectivity index (χ2n) is 7.02. The van der Waals surface area contributed by atoms with Gasteiger partial charge in [-0.3, -0.25) is 4.79 Å². The van der Waals surface area contributed by atoms with Crippen LogP contribution in [0.5, 0.6) is 0 Å². The third-order valence-corrected chi connectivity index (χ3v) is 5.41. The Hall–Kier alpha value is -3.60.